The van der Waals surface area contributed by atoms with E-state index in [1.54, 1.807) is 22.7 Å². The predicted octanol–water partition coefficient (Wildman–Crippen LogP) is 13.3. The highest BCUT2D eigenvalue weighted by Gasteiger charge is 2.11. The molecule has 0 aliphatic rings. The van der Waals surface area contributed by atoms with Crippen molar-refractivity contribution in [1.29, 1.82) is 0 Å². The molecule has 0 aromatic carbocycles. The van der Waals surface area contributed by atoms with E-state index in [2.05, 4.69) is 26.0 Å². The number of thiophene rings is 2. The molecule has 0 atom stereocenters. The van der Waals surface area contributed by atoms with Crippen molar-refractivity contribution < 1.29 is 14.3 Å². The monoisotopic (exact) mass is 646 g/mol. The van der Waals surface area contributed by atoms with Crippen LogP contribution in [0.5, 0.6) is 10.1 Å². The summed E-state index contributed by atoms with van der Waals surface area (Å²) >= 11 is 3.25. The Bertz CT molecular complexity index is 846. The minimum atomic E-state index is 0.258. The van der Waals surface area contributed by atoms with E-state index in [1.165, 1.54) is 141 Å². The molecule has 2 heterocycles. The topological polar surface area (TPSA) is 35.5 Å². The summed E-state index contributed by atoms with van der Waals surface area (Å²) in [6, 6.07) is 8.16. The standard InChI is InChI=1S/C39H66O3S2/c1-3-5-7-9-11-13-15-17-19-21-23-25-31-41-38-29-27-36(43-38)33-35(40)34-37-28-30-39(44-37)42-32-26-24-22-20-18-16-14-12-10-8-6-4-2/h27-30H,3-26,31-34H2,1-2H3. The van der Waals surface area contributed by atoms with E-state index < -0.39 is 0 Å². The Hall–Kier alpha value is -1.33. The SMILES string of the molecule is CCCCCCCCCCCCCCOc1ccc(CC(=O)Cc2ccc(OCCCCCCCCCCCCCC)s2)s1. The van der Waals surface area contributed by atoms with Crippen LogP contribution in [0, 0.1) is 0 Å². The number of hydrogen-bond acceptors (Lipinski definition) is 5. The van der Waals surface area contributed by atoms with Crippen LogP contribution in [0.3, 0.4) is 0 Å². The summed E-state index contributed by atoms with van der Waals surface area (Å²) in [4.78, 5) is 14.9. The van der Waals surface area contributed by atoms with Crippen molar-refractivity contribution in [3.8, 4) is 10.1 Å². The fourth-order valence-corrected chi connectivity index (χ4v) is 7.56. The smallest absolute Gasteiger partial charge is 0.173 e. The summed E-state index contributed by atoms with van der Waals surface area (Å²) in [5, 5.41) is 1.89. The van der Waals surface area contributed by atoms with Crippen molar-refractivity contribution in [2.45, 2.75) is 181 Å². The van der Waals surface area contributed by atoms with Gasteiger partial charge < -0.3 is 9.47 Å². The van der Waals surface area contributed by atoms with Crippen molar-refractivity contribution in [2.24, 2.45) is 0 Å². The molecule has 0 fully saturated rings. The molecule has 0 saturated carbocycles. The highest BCUT2D eigenvalue weighted by Crippen LogP contribution is 2.28. The molecule has 44 heavy (non-hydrogen) atoms. The average molecular weight is 647 g/mol. The summed E-state index contributed by atoms with van der Waals surface area (Å²) < 4.78 is 11.9. The number of unbranched alkanes of at least 4 members (excludes halogenated alkanes) is 22. The van der Waals surface area contributed by atoms with Crippen LogP contribution in [-0.4, -0.2) is 19.0 Å². The number of carbonyl (C=O) groups excluding carboxylic acids is 1. The fraction of sp³-hybridized carbons (Fsp3) is 0.769. The van der Waals surface area contributed by atoms with Crippen LogP contribution in [0.15, 0.2) is 24.3 Å². The van der Waals surface area contributed by atoms with Crippen LogP contribution in [0.25, 0.3) is 0 Å². The number of ether oxygens (including phenoxy) is 2. The van der Waals surface area contributed by atoms with Gasteiger partial charge in [0.2, 0.25) is 0 Å². The Morgan fingerprint density at radius 3 is 1.07 bits per heavy atom. The van der Waals surface area contributed by atoms with E-state index in [4.69, 9.17) is 9.47 Å². The second-order valence-electron chi connectivity index (χ2n) is 12.8. The van der Waals surface area contributed by atoms with Crippen molar-refractivity contribution in [3.05, 3.63) is 34.0 Å². The van der Waals surface area contributed by atoms with Gasteiger partial charge in [-0.25, -0.2) is 0 Å². The molecule has 0 unspecified atom stereocenters. The third kappa shape index (κ3) is 21.4. The minimum absolute atomic E-state index is 0.258. The van der Waals surface area contributed by atoms with Crippen LogP contribution in [-0.2, 0) is 17.6 Å². The summed E-state index contributed by atoms with van der Waals surface area (Å²) in [5.41, 5.74) is 0. The van der Waals surface area contributed by atoms with Crippen molar-refractivity contribution in [1.82, 2.24) is 0 Å². The fourth-order valence-electron chi connectivity index (χ4n) is 5.74. The molecule has 2 aromatic heterocycles. The lowest BCUT2D eigenvalue weighted by Gasteiger charge is -2.04. The molecule has 0 amide bonds. The van der Waals surface area contributed by atoms with Crippen LogP contribution < -0.4 is 9.47 Å². The Labute approximate surface area is 279 Å². The third-order valence-corrected chi connectivity index (χ3v) is 10.5. The van der Waals surface area contributed by atoms with E-state index in [0.717, 1.165) is 45.9 Å². The van der Waals surface area contributed by atoms with E-state index >= 15 is 0 Å². The zero-order valence-corrected chi connectivity index (χ0v) is 30.3. The van der Waals surface area contributed by atoms with Gasteiger partial charge in [0.25, 0.3) is 0 Å². The molecule has 0 bridgehead atoms. The first-order valence-electron chi connectivity index (χ1n) is 18.7. The quantitative estimate of drug-likeness (QED) is 0.0742. The van der Waals surface area contributed by atoms with Gasteiger partial charge in [-0.1, -0.05) is 155 Å². The van der Waals surface area contributed by atoms with Gasteiger partial charge in [0.1, 0.15) is 5.78 Å². The Morgan fingerprint density at radius 2 is 0.750 bits per heavy atom. The Morgan fingerprint density at radius 1 is 0.455 bits per heavy atom. The van der Waals surface area contributed by atoms with Crippen molar-refractivity contribution in [3.63, 3.8) is 0 Å². The Balaban J connectivity index is 1.43. The zero-order valence-electron chi connectivity index (χ0n) is 28.6. The first-order chi connectivity index (χ1) is 21.7. The summed E-state index contributed by atoms with van der Waals surface area (Å²) in [5.74, 6) is 0.258. The molecule has 3 nitrogen and oxygen atoms in total. The predicted molar refractivity (Wildman–Crippen MR) is 194 cm³/mol. The lowest BCUT2D eigenvalue weighted by molar-refractivity contribution is -0.117. The van der Waals surface area contributed by atoms with Crippen LogP contribution in [0.2, 0.25) is 0 Å². The average Bonchev–Trinajstić information content (AvgIpc) is 3.66. The maximum atomic E-state index is 12.7. The molecule has 0 radical (unpaired) electrons. The van der Waals surface area contributed by atoms with Gasteiger partial charge in [0, 0.05) is 22.6 Å². The molecule has 5 heteroatoms. The van der Waals surface area contributed by atoms with E-state index in [9.17, 15) is 4.79 Å². The van der Waals surface area contributed by atoms with Gasteiger partial charge >= 0.3 is 0 Å². The highest BCUT2D eigenvalue weighted by molar-refractivity contribution is 7.14. The summed E-state index contributed by atoms with van der Waals surface area (Å²) in [6.07, 6.45) is 33.5. The van der Waals surface area contributed by atoms with E-state index in [1.807, 2.05) is 12.1 Å². The van der Waals surface area contributed by atoms with Gasteiger partial charge in [-0.15, -0.1) is 22.7 Å². The molecule has 0 aliphatic heterocycles. The van der Waals surface area contributed by atoms with Gasteiger partial charge in [-0.05, 0) is 37.1 Å². The first-order valence-corrected chi connectivity index (χ1v) is 20.3. The summed E-state index contributed by atoms with van der Waals surface area (Å²) in [6.45, 7) is 6.12. The largest absolute Gasteiger partial charge is 0.484 e. The lowest BCUT2D eigenvalue weighted by atomic mass is 10.1. The van der Waals surface area contributed by atoms with Gasteiger partial charge in [0.15, 0.2) is 10.1 Å². The van der Waals surface area contributed by atoms with E-state index in [-0.39, 0.29) is 5.78 Å². The second kappa shape index (κ2) is 27.9. The van der Waals surface area contributed by atoms with Crippen LogP contribution in [0.4, 0.5) is 0 Å². The maximum absolute atomic E-state index is 12.7. The molecule has 0 aliphatic carbocycles. The van der Waals surface area contributed by atoms with Crippen LogP contribution in [0.1, 0.15) is 178 Å². The number of carbonyl (C=O) groups is 1. The van der Waals surface area contributed by atoms with Crippen molar-refractivity contribution >= 4 is 28.5 Å². The highest BCUT2D eigenvalue weighted by atomic mass is 32.1. The van der Waals surface area contributed by atoms with Crippen LogP contribution >= 0.6 is 22.7 Å². The van der Waals surface area contributed by atoms with Gasteiger partial charge in [-0.2, -0.15) is 0 Å². The normalized spacial score (nSPS) is 11.3. The zero-order chi connectivity index (χ0) is 31.3. The lowest BCUT2D eigenvalue weighted by Crippen LogP contribution is -2.04. The molecular weight excluding hydrogens is 581 g/mol. The molecular formula is C39H66O3S2. The number of ketones is 1. The molecule has 252 valence electrons. The van der Waals surface area contributed by atoms with Gasteiger partial charge in [-0.3, -0.25) is 4.79 Å². The summed E-state index contributed by atoms with van der Waals surface area (Å²) in [7, 11) is 0. The van der Waals surface area contributed by atoms with Crippen molar-refractivity contribution in [2.75, 3.05) is 13.2 Å². The molecule has 2 rings (SSSR count). The molecule has 0 saturated heterocycles. The second-order valence-corrected chi connectivity index (χ2v) is 15.1. The first kappa shape index (κ1) is 38.9. The number of hydrogen-bond donors (Lipinski definition) is 0. The number of rotatable bonds is 32. The third-order valence-electron chi connectivity index (χ3n) is 8.50. The molecule has 0 N–H and O–H groups in total. The minimum Gasteiger partial charge on any atom is -0.484 e. The Kier molecular flexibility index (Phi) is 24.7. The molecule has 0 spiro atoms. The van der Waals surface area contributed by atoms with E-state index in [0.29, 0.717) is 12.8 Å². The molecule has 2 aromatic rings. The maximum Gasteiger partial charge on any atom is 0.173 e. The number of Topliss-reactive ketones (excluding diaryl/α,β-unsaturated/α-hetero) is 1. The van der Waals surface area contributed by atoms with Gasteiger partial charge in [0.05, 0.1) is 13.2 Å².